The zero-order chi connectivity index (χ0) is 10.5. The maximum absolute atomic E-state index is 10.9. The number of nitrogens with zero attached hydrogens (tertiary/aromatic N) is 1. The van der Waals surface area contributed by atoms with Crippen molar-refractivity contribution in [3.8, 4) is 6.07 Å². The molecule has 0 spiro atoms. The lowest BCUT2D eigenvalue weighted by Gasteiger charge is -2.25. The molecule has 0 radical (unpaired) electrons. The van der Waals surface area contributed by atoms with Gasteiger partial charge in [-0.3, -0.25) is 0 Å². The maximum atomic E-state index is 10.9. The van der Waals surface area contributed by atoms with Gasteiger partial charge in [0, 0.05) is 12.5 Å². The first-order chi connectivity index (χ1) is 6.01. The molecule has 1 unspecified atom stereocenters. The van der Waals surface area contributed by atoms with Crippen molar-refractivity contribution in [2.24, 2.45) is 5.92 Å². The van der Waals surface area contributed by atoms with Crippen molar-refractivity contribution >= 4 is 5.97 Å². The minimum Gasteiger partial charge on any atom is -0.478 e. The summed E-state index contributed by atoms with van der Waals surface area (Å²) in [5.41, 5.74) is -1.68. The van der Waals surface area contributed by atoms with Gasteiger partial charge in [0.25, 0.3) is 5.60 Å². The predicted molar refractivity (Wildman–Crippen MR) is 47.1 cm³/mol. The number of hydrogen-bond donors (Lipinski definition) is 1. The number of carbonyl (C=O) groups is 1. The highest BCUT2D eigenvalue weighted by Gasteiger charge is 2.43. The molecule has 4 heteroatoms. The van der Waals surface area contributed by atoms with Crippen LogP contribution in [0.15, 0.2) is 0 Å². The molecule has 0 aromatic carbocycles. The molecule has 0 bridgehead atoms. The highest BCUT2D eigenvalue weighted by Crippen LogP contribution is 2.21. The number of nitriles is 1. The molecule has 0 rings (SSSR count). The minimum absolute atomic E-state index is 0.290. The highest BCUT2D eigenvalue weighted by molar-refractivity contribution is 5.81. The number of rotatable bonds is 5. The topological polar surface area (TPSA) is 70.3 Å². The van der Waals surface area contributed by atoms with E-state index < -0.39 is 11.6 Å². The highest BCUT2D eigenvalue weighted by atomic mass is 16.5. The van der Waals surface area contributed by atoms with Crippen LogP contribution in [0.2, 0.25) is 0 Å². The van der Waals surface area contributed by atoms with Gasteiger partial charge in [0.1, 0.15) is 6.07 Å². The third kappa shape index (κ3) is 2.43. The first kappa shape index (κ1) is 11.9. The average Bonchev–Trinajstić information content (AvgIpc) is 2.05. The van der Waals surface area contributed by atoms with Crippen LogP contribution in [0.25, 0.3) is 0 Å². The van der Waals surface area contributed by atoms with Crippen LogP contribution in [0.1, 0.15) is 27.2 Å². The van der Waals surface area contributed by atoms with E-state index in [1.807, 2.05) is 6.92 Å². The second-order valence-electron chi connectivity index (χ2n) is 3.16. The first-order valence-electron chi connectivity index (χ1n) is 4.29. The molecule has 0 aromatic rings. The number of ether oxygens (including phenoxy) is 1. The van der Waals surface area contributed by atoms with Gasteiger partial charge in [0.05, 0.1) is 0 Å². The lowest BCUT2D eigenvalue weighted by atomic mass is 9.92. The molecule has 4 nitrogen and oxygen atoms in total. The molecule has 0 heterocycles. The molecule has 0 aliphatic rings. The summed E-state index contributed by atoms with van der Waals surface area (Å²) in [5.74, 6) is -1.57. The summed E-state index contributed by atoms with van der Waals surface area (Å²) in [7, 11) is 0. The Bertz CT molecular complexity index is 219. The molecule has 1 atom stereocenters. The maximum Gasteiger partial charge on any atom is 0.351 e. The summed E-state index contributed by atoms with van der Waals surface area (Å²) in [6.07, 6.45) is 0.698. The van der Waals surface area contributed by atoms with Crippen LogP contribution in [0.4, 0.5) is 0 Å². The second-order valence-corrected chi connectivity index (χ2v) is 3.16. The van der Waals surface area contributed by atoms with E-state index in [9.17, 15) is 4.79 Å². The fraction of sp³-hybridized carbons (Fsp3) is 0.778. The van der Waals surface area contributed by atoms with Gasteiger partial charge in [-0.2, -0.15) is 5.26 Å². The Morgan fingerprint density at radius 1 is 1.69 bits per heavy atom. The average molecular weight is 185 g/mol. The summed E-state index contributed by atoms with van der Waals surface area (Å²) < 4.78 is 5.09. The molecular weight excluding hydrogens is 170 g/mol. The summed E-state index contributed by atoms with van der Waals surface area (Å²) in [6.45, 7) is 5.47. The number of hydrogen-bond acceptors (Lipinski definition) is 3. The SMILES string of the molecule is CCCOC(C#N)(C(=O)O)C(C)C. The lowest BCUT2D eigenvalue weighted by molar-refractivity contribution is -0.163. The fourth-order valence-corrected chi connectivity index (χ4v) is 0.948. The van der Waals surface area contributed by atoms with Gasteiger partial charge in [-0.1, -0.05) is 20.8 Å². The van der Waals surface area contributed by atoms with Gasteiger partial charge in [0.15, 0.2) is 0 Å². The van der Waals surface area contributed by atoms with E-state index >= 15 is 0 Å². The zero-order valence-corrected chi connectivity index (χ0v) is 8.20. The largest absolute Gasteiger partial charge is 0.478 e. The molecule has 0 aromatic heterocycles. The Balaban J connectivity index is 4.69. The molecule has 0 saturated carbocycles. The molecule has 0 amide bonds. The van der Waals surface area contributed by atoms with Crippen LogP contribution in [0.3, 0.4) is 0 Å². The van der Waals surface area contributed by atoms with Crippen LogP contribution in [0.5, 0.6) is 0 Å². The van der Waals surface area contributed by atoms with E-state index in [0.717, 1.165) is 0 Å². The van der Waals surface area contributed by atoms with Crippen molar-refractivity contribution in [1.29, 1.82) is 5.26 Å². The van der Waals surface area contributed by atoms with Crippen LogP contribution in [-0.4, -0.2) is 23.3 Å². The van der Waals surface area contributed by atoms with Crippen LogP contribution in [0, 0.1) is 17.2 Å². The smallest absolute Gasteiger partial charge is 0.351 e. The molecule has 74 valence electrons. The summed E-state index contributed by atoms with van der Waals surface area (Å²) in [6, 6.07) is 1.73. The van der Waals surface area contributed by atoms with Gasteiger partial charge in [-0.15, -0.1) is 0 Å². The predicted octanol–water partition coefficient (Wildman–Crippen LogP) is 1.42. The summed E-state index contributed by atoms with van der Waals surface area (Å²) in [4.78, 5) is 10.9. The second kappa shape index (κ2) is 4.83. The Labute approximate surface area is 78.1 Å². The molecule has 1 N–H and O–H groups in total. The monoisotopic (exact) mass is 185 g/mol. The molecule has 0 fully saturated rings. The van der Waals surface area contributed by atoms with Crippen molar-refractivity contribution in [3.05, 3.63) is 0 Å². The van der Waals surface area contributed by atoms with Gasteiger partial charge in [-0.05, 0) is 6.42 Å². The van der Waals surface area contributed by atoms with Crippen molar-refractivity contribution in [3.63, 3.8) is 0 Å². The lowest BCUT2D eigenvalue weighted by Crippen LogP contribution is -2.45. The summed E-state index contributed by atoms with van der Waals surface area (Å²) >= 11 is 0. The van der Waals surface area contributed by atoms with Gasteiger partial charge < -0.3 is 9.84 Å². The van der Waals surface area contributed by atoms with E-state index in [1.54, 1.807) is 19.9 Å². The van der Waals surface area contributed by atoms with E-state index in [1.165, 1.54) is 0 Å². The number of carboxylic acid groups (broad SMARTS) is 1. The normalized spacial score (nSPS) is 15.0. The minimum atomic E-state index is -1.68. The molecular formula is C9H15NO3. The molecule has 0 saturated heterocycles. The van der Waals surface area contributed by atoms with E-state index in [2.05, 4.69) is 0 Å². The van der Waals surface area contributed by atoms with E-state index in [0.29, 0.717) is 6.42 Å². The fourth-order valence-electron chi connectivity index (χ4n) is 0.948. The molecule has 0 aliphatic carbocycles. The van der Waals surface area contributed by atoms with Gasteiger partial charge in [-0.25, -0.2) is 4.79 Å². The molecule has 0 aliphatic heterocycles. The first-order valence-corrected chi connectivity index (χ1v) is 4.29. The van der Waals surface area contributed by atoms with Gasteiger partial charge in [0.2, 0.25) is 0 Å². The number of carboxylic acids is 1. The Morgan fingerprint density at radius 3 is 2.46 bits per heavy atom. The number of aliphatic carboxylic acids is 1. The van der Waals surface area contributed by atoms with Crippen LogP contribution >= 0.6 is 0 Å². The Hall–Kier alpha value is -1.08. The van der Waals surface area contributed by atoms with Crippen LogP contribution in [-0.2, 0) is 9.53 Å². The quantitative estimate of drug-likeness (QED) is 0.703. The standard InChI is InChI=1S/C9H15NO3/c1-4-5-13-9(6-10,7(2)3)8(11)12/h7H,4-5H2,1-3H3,(H,11,12). The van der Waals surface area contributed by atoms with Crippen molar-refractivity contribution < 1.29 is 14.6 Å². The van der Waals surface area contributed by atoms with Crippen molar-refractivity contribution in [2.75, 3.05) is 6.61 Å². The summed E-state index contributed by atoms with van der Waals surface area (Å²) in [5, 5.41) is 17.7. The van der Waals surface area contributed by atoms with Crippen molar-refractivity contribution in [2.45, 2.75) is 32.8 Å². The van der Waals surface area contributed by atoms with Crippen molar-refractivity contribution in [1.82, 2.24) is 0 Å². The Kier molecular flexibility index (Phi) is 4.43. The third-order valence-corrected chi connectivity index (χ3v) is 1.83. The van der Waals surface area contributed by atoms with E-state index in [-0.39, 0.29) is 12.5 Å². The zero-order valence-electron chi connectivity index (χ0n) is 8.20. The molecule has 13 heavy (non-hydrogen) atoms. The third-order valence-electron chi connectivity index (χ3n) is 1.83. The Morgan fingerprint density at radius 2 is 2.23 bits per heavy atom. The van der Waals surface area contributed by atoms with E-state index in [4.69, 9.17) is 15.1 Å². The van der Waals surface area contributed by atoms with Gasteiger partial charge >= 0.3 is 5.97 Å². The van der Waals surface area contributed by atoms with Crippen LogP contribution < -0.4 is 0 Å².